The lowest BCUT2D eigenvalue weighted by Crippen LogP contribution is -2.36. The van der Waals surface area contributed by atoms with Crippen LogP contribution in [0.2, 0.25) is 0 Å². The number of rotatable bonds is 4. The van der Waals surface area contributed by atoms with Crippen LogP contribution in [0.25, 0.3) is 0 Å². The molecular weight excluding hydrogens is 308 g/mol. The summed E-state index contributed by atoms with van der Waals surface area (Å²) in [4.78, 5) is 25.4. The van der Waals surface area contributed by atoms with Crippen LogP contribution >= 0.6 is 0 Å². The maximum atomic E-state index is 12.1. The first kappa shape index (κ1) is 18.1. The molecule has 2 rings (SSSR count). The zero-order valence-electron chi connectivity index (χ0n) is 14.6. The van der Waals surface area contributed by atoms with Crippen molar-refractivity contribution in [1.82, 2.24) is 10.2 Å². The van der Waals surface area contributed by atoms with Gasteiger partial charge in [-0.15, -0.1) is 0 Å². The Morgan fingerprint density at radius 2 is 1.96 bits per heavy atom. The van der Waals surface area contributed by atoms with Gasteiger partial charge < -0.3 is 19.7 Å². The van der Waals surface area contributed by atoms with Gasteiger partial charge in [0.2, 0.25) is 0 Å². The summed E-state index contributed by atoms with van der Waals surface area (Å²) >= 11 is 0. The molecule has 0 bridgehead atoms. The minimum atomic E-state index is -0.507. The van der Waals surface area contributed by atoms with Crippen LogP contribution < -0.4 is 5.32 Å². The second-order valence-electron chi connectivity index (χ2n) is 7.02. The van der Waals surface area contributed by atoms with Gasteiger partial charge in [0, 0.05) is 19.6 Å². The molecule has 1 atom stereocenters. The van der Waals surface area contributed by atoms with Gasteiger partial charge in [0.1, 0.15) is 12.2 Å². The van der Waals surface area contributed by atoms with Crippen molar-refractivity contribution >= 4 is 12.2 Å². The Morgan fingerprint density at radius 1 is 1.25 bits per heavy atom. The SMILES string of the molecule is CC(C)(C)OC(=O)NCC1CCN(C(=O)OCc2ccccc2)C1. The lowest BCUT2D eigenvalue weighted by molar-refractivity contribution is 0.0520. The molecular formula is C18H26N2O4. The van der Waals surface area contributed by atoms with E-state index in [1.165, 1.54) is 0 Å². The zero-order valence-corrected chi connectivity index (χ0v) is 14.6. The smallest absolute Gasteiger partial charge is 0.410 e. The number of hydrogen-bond acceptors (Lipinski definition) is 4. The summed E-state index contributed by atoms with van der Waals surface area (Å²) in [6.07, 6.45) is 0.113. The predicted octanol–water partition coefficient (Wildman–Crippen LogP) is 3.17. The Labute approximate surface area is 143 Å². The Kier molecular flexibility index (Phi) is 6.06. The molecule has 0 saturated carbocycles. The lowest BCUT2D eigenvalue weighted by atomic mass is 10.1. The van der Waals surface area contributed by atoms with Gasteiger partial charge >= 0.3 is 12.2 Å². The molecule has 2 amide bonds. The van der Waals surface area contributed by atoms with Crippen molar-refractivity contribution < 1.29 is 19.1 Å². The number of hydrogen-bond donors (Lipinski definition) is 1. The van der Waals surface area contributed by atoms with Gasteiger partial charge in [0.05, 0.1) is 0 Å². The third kappa shape index (κ3) is 6.10. The Morgan fingerprint density at radius 3 is 2.62 bits per heavy atom. The molecule has 132 valence electrons. The monoisotopic (exact) mass is 334 g/mol. The minimum Gasteiger partial charge on any atom is -0.445 e. The summed E-state index contributed by atoms with van der Waals surface area (Å²) < 4.78 is 10.5. The third-order valence-corrected chi connectivity index (χ3v) is 3.68. The summed E-state index contributed by atoms with van der Waals surface area (Å²) in [5.74, 6) is 0.224. The number of likely N-dealkylation sites (tertiary alicyclic amines) is 1. The van der Waals surface area contributed by atoms with Crippen molar-refractivity contribution in [3.8, 4) is 0 Å². The van der Waals surface area contributed by atoms with E-state index in [4.69, 9.17) is 9.47 Å². The Bertz CT molecular complexity index is 554. The molecule has 6 heteroatoms. The van der Waals surface area contributed by atoms with Crippen LogP contribution in [0.15, 0.2) is 30.3 Å². The van der Waals surface area contributed by atoms with Crippen molar-refractivity contribution in [3.63, 3.8) is 0 Å². The second kappa shape index (κ2) is 8.04. The Hall–Kier alpha value is -2.24. The Balaban J connectivity index is 1.68. The average molecular weight is 334 g/mol. The number of carbonyl (C=O) groups excluding carboxylic acids is 2. The van der Waals surface area contributed by atoms with Crippen molar-refractivity contribution in [2.75, 3.05) is 19.6 Å². The maximum absolute atomic E-state index is 12.1. The second-order valence-corrected chi connectivity index (χ2v) is 7.02. The van der Waals surface area contributed by atoms with Crippen LogP contribution in [0.4, 0.5) is 9.59 Å². The molecule has 1 fully saturated rings. The number of amides is 2. The van der Waals surface area contributed by atoms with Gasteiger partial charge in [-0.1, -0.05) is 30.3 Å². The van der Waals surface area contributed by atoms with E-state index < -0.39 is 11.7 Å². The van der Waals surface area contributed by atoms with E-state index in [1.807, 2.05) is 51.1 Å². The molecule has 0 spiro atoms. The van der Waals surface area contributed by atoms with Gasteiger partial charge in [-0.2, -0.15) is 0 Å². The van der Waals surface area contributed by atoms with Crippen LogP contribution in [0.3, 0.4) is 0 Å². The van der Waals surface area contributed by atoms with Gasteiger partial charge in [0.15, 0.2) is 0 Å². The van der Waals surface area contributed by atoms with Gasteiger partial charge in [-0.25, -0.2) is 9.59 Å². The van der Waals surface area contributed by atoms with E-state index >= 15 is 0 Å². The molecule has 1 aromatic rings. The molecule has 0 radical (unpaired) electrons. The van der Waals surface area contributed by atoms with Crippen molar-refractivity contribution in [1.29, 1.82) is 0 Å². The molecule has 1 aromatic carbocycles. The van der Waals surface area contributed by atoms with E-state index in [0.717, 1.165) is 12.0 Å². The molecule has 1 unspecified atom stereocenters. The third-order valence-electron chi connectivity index (χ3n) is 3.68. The number of benzene rings is 1. The highest BCUT2D eigenvalue weighted by Gasteiger charge is 2.28. The topological polar surface area (TPSA) is 67.9 Å². The molecule has 1 N–H and O–H groups in total. The predicted molar refractivity (Wildman–Crippen MR) is 90.5 cm³/mol. The van der Waals surface area contributed by atoms with E-state index in [0.29, 0.717) is 19.6 Å². The van der Waals surface area contributed by atoms with E-state index in [1.54, 1.807) is 4.90 Å². The van der Waals surface area contributed by atoms with Crippen molar-refractivity contribution in [2.45, 2.75) is 39.4 Å². The average Bonchev–Trinajstić information content (AvgIpc) is 2.99. The number of ether oxygens (including phenoxy) is 2. The van der Waals surface area contributed by atoms with Crippen molar-refractivity contribution in [2.24, 2.45) is 5.92 Å². The van der Waals surface area contributed by atoms with Gasteiger partial charge in [-0.05, 0) is 38.7 Å². The molecule has 1 aliphatic rings. The highest BCUT2D eigenvalue weighted by atomic mass is 16.6. The number of alkyl carbamates (subject to hydrolysis) is 1. The largest absolute Gasteiger partial charge is 0.445 e. The fourth-order valence-corrected chi connectivity index (χ4v) is 2.52. The molecule has 24 heavy (non-hydrogen) atoms. The summed E-state index contributed by atoms with van der Waals surface area (Å²) in [7, 11) is 0. The molecule has 1 saturated heterocycles. The van der Waals surface area contributed by atoms with E-state index in [2.05, 4.69) is 5.32 Å². The number of nitrogens with zero attached hydrogens (tertiary/aromatic N) is 1. The fraction of sp³-hybridized carbons (Fsp3) is 0.556. The number of nitrogens with one attached hydrogen (secondary N) is 1. The number of carbonyl (C=O) groups is 2. The quantitative estimate of drug-likeness (QED) is 0.918. The first-order chi connectivity index (χ1) is 11.3. The summed E-state index contributed by atoms with van der Waals surface area (Å²) in [6, 6.07) is 9.60. The molecule has 6 nitrogen and oxygen atoms in total. The van der Waals surface area contributed by atoms with Gasteiger partial charge in [-0.3, -0.25) is 0 Å². The van der Waals surface area contributed by atoms with Crippen LogP contribution in [-0.2, 0) is 16.1 Å². The zero-order chi connectivity index (χ0) is 17.6. The molecule has 1 aliphatic heterocycles. The van der Waals surface area contributed by atoms with Gasteiger partial charge in [0.25, 0.3) is 0 Å². The fourth-order valence-electron chi connectivity index (χ4n) is 2.52. The van der Waals surface area contributed by atoms with E-state index in [-0.39, 0.29) is 18.6 Å². The maximum Gasteiger partial charge on any atom is 0.410 e. The standard InChI is InChI=1S/C18H26N2O4/c1-18(2,3)24-16(21)19-11-15-9-10-20(12-15)17(22)23-13-14-7-5-4-6-8-14/h4-8,15H,9-13H2,1-3H3,(H,19,21). The van der Waals surface area contributed by atoms with Crippen molar-refractivity contribution in [3.05, 3.63) is 35.9 Å². The highest BCUT2D eigenvalue weighted by molar-refractivity contribution is 5.68. The normalized spacial score (nSPS) is 17.5. The summed E-state index contributed by atoms with van der Waals surface area (Å²) in [5.41, 5.74) is 0.459. The molecule has 0 aromatic heterocycles. The minimum absolute atomic E-state index is 0.224. The first-order valence-corrected chi connectivity index (χ1v) is 8.26. The lowest BCUT2D eigenvalue weighted by Gasteiger charge is -2.21. The van der Waals surface area contributed by atoms with Crippen LogP contribution in [0, 0.1) is 5.92 Å². The van der Waals surface area contributed by atoms with Crippen LogP contribution in [-0.4, -0.2) is 42.3 Å². The molecule has 0 aliphatic carbocycles. The first-order valence-electron chi connectivity index (χ1n) is 8.26. The summed E-state index contributed by atoms with van der Waals surface area (Å²) in [6.45, 7) is 7.48. The molecule has 1 heterocycles. The highest BCUT2D eigenvalue weighted by Crippen LogP contribution is 2.17. The van der Waals surface area contributed by atoms with Crippen LogP contribution in [0.1, 0.15) is 32.8 Å². The van der Waals surface area contributed by atoms with Crippen LogP contribution in [0.5, 0.6) is 0 Å². The van der Waals surface area contributed by atoms with E-state index in [9.17, 15) is 9.59 Å². The summed E-state index contributed by atoms with van der Waals surface area (Å²) in [5, 5.41) is 2.76.